The molecule has 0 saturated carbocycles. The van der Waals surface area contributed by atoms with Crippen LogP contribution in [0.25, 0.3) is 0 Å². The fourth-order valence-corrected chi connectivity index (χ4v) is 3.32. The highest BCUT2D eigenvalue weighted by atomic mass is 35.5. The van der Waals surface area contributed by atoms with Gasteiger partial charge in [-0.15, -0.1) is 11.8 Å². The van der Waals surface area contributed by atoms with Gasteiger partial charge in [0.1, 0.15) is 5.75 Å². The van der Waals surface area contributed by atoms with Crippen LogP contribution in [0.5, 0.6) is 5.75 Å². The average Bonchev–Trinajstić information content (AvgIpc) is 2.52. The van der Waals surface area contributed by atoms with E-state index in [1.807, 2.05) is 37.3 Å². The van der Waals surface area contributed by atoms with Crippen LogP contribution in [0.1, 0.15) is 12.5 Å². The molecule has 0 heterocycles. The Morgan fingerprint density at radius 2 is 2.00 bits per heavy atom. The molecule has 0 saturated heterocycles. The molecule has 3 nitrogen and oxygen atoms in total. The molecule has 0 bridgehead atoms. The van der Waals surface area contributed by atoms with Crippen molar-refractivity contribution in [3.05, 3.63) is 58.1 Å². The topological polar surface area (TPSA) is 38.3 Å². The summed E-state index contributed by atoms with van der Waals surface area (Å²) in [6.45, 7) is 2.46. The Morgan fingerprint density at radius 1 is 1.22 bits per heavy atom. The molecule has 122 valence electrons. The van der Waals surface area contributed by atoms with Crippen LogP contribution in [0.2, 0.25) is 10.0 Å². The minimum Gasteiger partial charge on any atom is -0.492 e. The van der Waals surface area contributed by atoms with Crippen molar-refractivity contribution in [2.24, 2.45) is 0 Å². The summed E-state index contributed by atoms with van der Waals surface area (Å²) in [6.07, 6.45) is 0. The number of thioether (sulfide) groups is 1. The lowest BCUT2D eigenvalue weighted by Gasteiger charge is -2.11. The molecular formula is C17H17Cl2NO2S. The van der Waals surface area contributed by atoms with E-state index in [9.17, 15) is 4.79 Å². The monoisotopic (exact) mass is 369 g/mol. The molecule has 6 heteroatoms. The second kappa shape index (κ2) is 9.06. The Labute approximate surface area is 150 Å². The van der Waals surface area contributed by atoms with Crippen LogP contribution in [0, 0.1) is 0 Å². The van der Waals surface area contributed by atoms with Crippen molar-refractivity contribution in [2.45, 2.75) is 12.7 Å². The van der Waals surface area contributed by atoms with E-state index in [4.69, 9.17) is 27.9 Å². The molecule has 0 aliphatic heterocycles. The smallest absolute Gasteiger partial charge is 0.234 e. The largest absolute Gasteiger partial charge is 0.492 e. The van der Waals surface area contributed by atoms with Gasteiger partial charge in [0.25, 0.3) is 0 Å². The first-order valence-corrected chi connectivity index (χ1v) is 9.04. The van der Waals surface area contributed by atoms with Gasteiger partial charge < -0.3 is 10.1 Å². The van der Waals surface area contributed by atoms with Gasteiger partial charge in [-0.05, 0) is 36.8 Å². The van der Waals surface area contributed by atoms with Gasteiger partial charge in [-0.3, -0.25) is 4.79 Å². The van der Waals surface area contributed by atoms with Crippen molar-refractivity contribution in [1.29, 1.82) is 0 Å². The maximum absolute atomic E-state index is 12.1. The molecule has 0 radical (unpaired) electrons. The van der Waals surface area contributed by atoms with Crippen LogP contribution in [0.4, 0.5) is 5.69 Å². The average molecular weight is 370 g/mol. The summed E-state index contributed by atoms with van der Waals surface area (Å²) >= 11 is 13.5. The fraction of sp³-hybridized carbons (Fsp3) is 0.235. The van der Waals surface area contributed by atoms with Crippen molar-refractivity contribution < 1.29 is 9.53 Å². The summed E-state index contributed by atoms with van der Waals surface area (Å²) in [5.41, 5.74) is 1.65. The third-order valence-electron chi connectivity index (χ3n) is 2.97. The van der Waals surface area contributed by atoms with Crippen molar-refractivity contribution in [3.63, 3.8) is 0 Å². The highest BCUT2D eigenvalue weighted by molar-refractivity contribution is 7.99. The van der Waals surface area contributed by atoms with Gasteiger partial charge in [0.15, 0.2) is 0 Å². The van der Waals surface area contributed by atoms with Crippen molar-refractivity contribution in [3.8, 4) is 5.75 Å². The first-order valence-electron chi connectivity index (χ1n) is 7.13. The number of halogens is 2. The van der Waals surface area contributed by atoms with Gasteiger partial charge in [-0.1, -0.05) is 41.4 Å². The van der Waals surface area contributed by atoms with Gasteiger partial charge in [-0.25, -0.2) is 0 Å². The predicted molar refractivity (Wildman–Crippen MR) is 98.9 cm³/mol. The number of rotatable bonds is 7. The van der Waals surface area contributed by atoms with Gasteiger partial charge in [0, 0.05) is 15.8 Å². The van der Waals surface area contributed by atoms with Crippen molar-refractivity contribution in [2.75, 3.05) is 17.7 Å². The Morgan fingerprint density at radius 3 is 2.74 bits per heavy atom. The summed E-state index contributed by atoms with van der Waals surface area (Å²) < 4.78 is 5.49. The maximum atomic E-state index is 12.1. The molecule has 0 atom stereocenters. The standard InChI is InChI=1S/C17H17Cl2NO2S/c1-2-22-16-6-4-3-5-15(16)20-17(21)11-23-10-12-7-8-13(18)9-14(12)19/h3-9H,2,10-11H2,1H3,(H,20,21). The first kappa shape index (κ1) is 18.0. The zero-order valence-corrected chi connectivity index (χ0v) is 15.0. The van der Waals surface area contributed by atoms with E-state index in [1.165, 1.54) is 11.8 Å². The normalized spacial score (nSPS) is 10.4. The molecular weight excluding hydrogens is 353 g/mol. The summed E-state index contributed by atoms with van der Waals surface area (Å²) in [5, 5.41) is 4.09. The minimum atomic E-state index is -0.0766. The molecule has 0 unspecified atom stereocenters. The Bertz CT molecular complexity index is 679. The molecule has 0 aliphatic rings. The number of nitrogens with one attached hydrogen (secondary N) is 1. The van der Waals surface area contributed by atoms with Crippen molar-refractivity contribution in [1.82, 2.24) is 0 Å². The van der Waals surface area contributed by atoms with Crippen LogP contribution in [-0.2, 0) is 10.5 Å². The summed E-state index contributed by atoms with van der Waals surface area (Å²) in [7, 11) is 0. The van der Waals surface area contributed by atoms with Crippen LogP contribution in [0.3, 0.4) is 0 Å². The highest BCUT2D eigenvalue weighted by Gasteiger charge is 2.08. The number of carbonyl (C=O) groups is 1. The molecule has 1 N–H and O–H groups in total. The van der Waals surface area contributed by atoms with Gasteiger partial charge in [-0.2, -0.15) is 0 Å². The number of hydrogen-bond acceptors (Lipinski definition) is 3. The number of benzene rings is 2. The fourth-order valence-electron chi connectivity index (χ4n) is 1.93. The van der Waals surface area contributed by atoms with E-state index in [1.54, 1.807) is 12.1 Å². The predicted octanol–water partition coefficient (Wildman–Crippen LogP) is 5.26. The number of anilines is 1. The number of hydrogen-bond donors (Lipinski definition) is 1. The lowest BCUT2D eigenvalue weighted by Crippen LogP contribution is -2.15. The zero-order chi connectivity index (χ0) is 16.7. The molecule has 23 heavy (non-hydrogen) atoms. The summed E-state index contributed by atoms with van der Waals surface area (Å²) in [5.74, 6) is 1.58. The molecule has 2 rings (SSSR count). The van der Waals surface area contributed by atoms with E-state index >= 15 is 0 Å². The lowest BCUT2D eigenvalue weighted by molar-refractivity contribution is -0.113. The van der Waals surface area contributed by atoms with E-state index in [2.05, 4.69) is 5.32 Å². The Balaban J connectivity index is 1.86. The van der Waals surface area contributed by atoms with E-state index in [0.29, 0.717) is 39.6 Å². The van der Waals surface area contributed by atoms with Gasteiger partial charge in [0.05, 0.1) is 18.0 Å². The second-order valence-corrected chi connectivity index (χ2v) is 6.54. The second-order valence-electron chi connectivity index (χ2n) is 4.71. The molecule has 0 aliphatic carbocycles. The highest BCUT2D eigenvalue weighted by Crippen LogP contribution is 2.26. The molecule has 0 aromatic heterocycles. The Kier molecular flexibility index (Phi) is 7.09. The third-order valence-corrected chi connectivity index (χ3v) is 4.54. The summed E-state index contributed by atoms with van der Waals surface area (Å²) in [6, 6.07) is 12.8. The maximum Gasteiger partial charge on any atom is 0.234 e. The first-order chi connectivity index (χ1) is 11.1. The number of ether oxygens (including phenoxy) is 1. The van der Waals surface area contributed by atoms with Crippen LogP contribution in [-0.4, -0.2) is 18.3 Å². The van der Waals surface area contributed by atoms with E-state index in [0.717, 1.165) is 5.56 Å². The third kappa shape index (κ3) is 5.65. The number of carbonyl (C=O) groups excluding carboxylic acids is 1. The molecule has 0 fully saturated rings. The SMILES string of the molecule is CCOc1ccccc1NC(=O)CSCc1ccc(Cl)cc1Cl. The number of para-hydroxylation sites is 2. The van der Waals surface area contributed by atoms with E-state index in [-0.39, 0.29) is 5.91 Å². The minimum absolute atomic E-state index is 0.0766. The molecule has 2 aromatic rings. The molecule has 2 aromatic carbocycles. The Hall–Kier alpha value is -1.36. The van der Waals surface area contributed by atoms with Crippen LogP contribution in [0.15, 0.2) is 42.5 Å². The summed E-state index contributed by atoms with van der Waals surface area (Å²) in [4.78, 5) is 12.1. The number of amides is 1. The van der Waals surface area contributed by atoms with Gasteiger partial charge in [0.2, 0.25) is 5.91 Å². The van der Waals surface area contributed by atoms with Crippen LogP contribution < -0.4 is 10.1 Å². The quantitative estimate of drug-likeness (QED) is 0.722. The van der Waals surface area contributed by atoms with Crippen molar-refractivity contribution >= 4 is 46.6 Å². The molecule has 1 amide bonds. The molecule has 0 spiro atoms. The lowest BCUT2D eigenvalue weighted by atomic mass is 10.2. The van der Waals surface area contributed by atoms with Gasteiger partial charge >= 0.3 is 0 Å². The van der Waals surface area contributed by atoms with E-state index < -0.39 is 0 Å². The zero-order valence-electron chi connectivity index (χ0n) is 12.6. The van der Waals surface area contributed by atoms with Crippen LogP contribution >= 0.6 is 35.0 Å².